The van der Waals surface area contributed by atoms with Crippen LogP contribution in [-0.4, -0.2) is 38.7 Å². The number of carbonyl (C=O) groups is 1. The number of carbonyl (C=O) groups excluding carboxylic acids is 1. The van der Waals surface area contributed by atoms with Crippen molar-refractivity contribution >= 4 is 28.6 Å². The quantitative estimate of drug-likeness (QED) is 0.747. The van der Waals surface area contributed by atoms with Crippen LogP contribution in [0.4, 0.5) is 11.4 Å². The lowest BCUT2D eigenvalue weighted by Crippen LogP contribution is -2.33. The molecule has 0 radical (unpaired) electrons. The second kappa shape index (κ2) is 7.48. The van der Waals surface area contributed by atoms with Crippen LogP contribution in [0.5, 0.6) is 0 Å². The van der Waals surface area contributed by atoms with E-state index in [1.165, 1.54) is 17.7 Å². The monoisotopic (exact) mass is 382 g/mol. The molecular formula is C19H22N6OS. The van der Waals surface area contributed by atoms with Crippen LogP contribution in [0, 0.1) is 12.8 Å². The number of amides is 1. The molecule has 1 N–H and O–H groups in total. The normalized spacial score (nSPS) is 15.1. The van der Waals surface area contributed by atoms with Crippen LogP contribution in [-0.2, 0) is 0 Å². The highest BCUT2D eigenvalue weighted by molar-refractivity contribution is 7.14. The number of aromatic nitrogens is 4. The van der Waals surface area contributed by atoms with Crippen LogP contribution in [0.1, 0.15) is 34.3 Å². The van der Waals surface area contributed by atoms with Gasteiger partial charge >= 0.3 is 0 Å². The van der Waals surface area contributed by atoms with Crippen LogP contribution in [0.3, 0.4) is 0 Å². The van der Waals surface area contributed by atoms with Gasteiger partial charge in [-0.25, -0.2) is 14.6 Å². The van der Waals surface area contributed by atoms with Gasteiger partial charge in [-0.2, -0.15) is 5.10 Å². The molecule has 4 heterocycles. The van der Waals surface area contributed by atoms with Crippen molar-refractivity contribution in [2.24, 2.45) is 5.92 Å². The Hall–Kier alpha value is -2.74. The Bertz CT molecular complexity index is 941. The van der Waals surface area contributed by atoms with Gasteiger partial charge in [0.15, 0.2) is 5.82 Å². The molecule has 8 heteroatoms. The summed E-state index contributed by atoms with van der Waals surface area (Å²) in [6, 6.07) is 3.77. The molecule has 140 valence electrons. The van der Waals surface area contributed by atoms with Crippen molar-refractivity contribution in [2.75, 3.05) is 23.3 Å². The maximum Gasteiger partial charge on any atom is 0.265 e. The fourth-order valence-electron chi connectivity index (χ4n) is 3.22. The van der Waals surface area contributed by atoms with Gasteiger partial charge in [0.2, 0.25) is 0 Å². The van der Waals surface area contributed by atoms with Crippen LogP contribution in [0.25, 0.3) is 5.82 Å². The number of nitrogens with zero attached hydrogens (tertiary/aromatic N) is 5. The first-order valence-corrected chi connectivity index (χ1v) is 9.89. The van der Waals surface area contributed by atoms with Crippen molar-refractivity contribution in [1.82, 2.24) is 19.7 Å². The van der Waals surface area contributed by atoms with E-state index in [0.717, 1.165) is 48.2 Å². The lowest BCUT2D eigenvalue weighted by atomic mass is 9.99. The highest BCUT2D eigenvalue weighted by Gasteiger charge is 2.20. The third kappa shape index (κ3) is 3.85. The third-order valence-electron chi connectivity index (χ3n) is 4.82. The van der Waals surface area contributed by atoms with Gasteiger partial charge in [0.1, 0.15) is 12.0 Å². The first-order chi connectivity index (χ1) is 13.1. The number of nitrogens with one attached hydrogen (secondary N) is 1. The average Bonchev–Trinajstić information content (AvgIpc) is 3.31. The average molecular weight is 382 g/mol. The predicted molar refractivity (Wildman–Crippen MR) is 107 cm³/mol. The van der Waals surface area contributed by atoms with Crippen LogP contribution >= 0.6 is 11.3 Å². The molecular weight excluding hydrogens is 360 g/mol. The van der Waals surface area contributed by atoms with Crippen molar-refractivity contribution in [1.29, 1.82) is 0 Å². The first-order valence-electron chi connectivity index (χ1n) is 9.08. The Morgan fingerprint density at radius 3 is 2.81 bits per heavy atom. The summed E-state index contributed by atoms with van der Waals surface area (Å²) in [7, 11) is 0. The summed E-state index contributed by atoms with van der Waals surface area (Å²) in [5, 5.41) is 7.29. The minimum absolute atomic E-state index is 0.124. The molecule has 0 saturated carbocycles. The van der Waals surface area contributed by atoms with Gasteiger partial charge in [-0.15, -0.1) is 11.3 Å². The second-order valence-electron chi connectivity index (χ2n) is 6.94. The van der Waals surface area contributed by atoms with Gasteiger partial charge in [-0.1, -0.05) is 6.92 Å². The third-order valence-corrected chi connectivity index (χ3v) is 5.82. The van der Waals surface area contributed by atoms with E-state index in [9.17, 15) is 4.79 Å². The van der Waals surface area contributed by atoms with Gasteiger partial charge in [-0.05, 0) is 37.8 Å². The fourth-order valence-corrected chi connectivity index (χ4v) is 3.98. The van der Waals surface area contributed by atoms with Crippen LogP contribution in [0.2, 0.25) is 0 Å². The molecule has 1 aliphatic heterocycles. The van der Waals surface area contributed by atoms with Gasteiger partial charge in [0.25, 0.3) is 5.91 Å². The molecule has 1 amide bonds. The van der Waals surface area contributed by atoms with E-state index >= 15 is 0 Å². The van der Waals surface area contributed by atoms with E-state index in [-0.39, 0.29) is 5.91 Å². The Kier molecular flexibility index (Phi) is 4.89. The highest BCUT2D eigenvalue weighted by atomic mass is 32.1. The fraction of sp³-hybridized carbons (Fsp3) is 0.368. The molecule has 0 unspecified atom stereocenters. The molecule has 27 heavy (non-hydrogen) atoms. The summed E-state index contributed by atoms with van der Waals surface area (Å²) in [6.45, 7) is 6.25. The number of hydrogen-bond acceptors (Lipinski definition) is 6. The zero-order chi connectivity index (χ0) is 18.8. The summed E-state index contributed by atoms with van der Waals surface area (Å²) < 4.78 is 1.70. The van der Waals surface area contributed by atoms with Crippen LogP contribution in [0.15, 0.2) is 37.1 Å². The largest absolute Gasteiger partial charge is 0.367 e. The molecule has 1 fully saturated rings. The number of hydrogen-bond donors (Lipinski definition) is 1. The summed E-state index contributed by atoms with van der Waals surface area (Å²) >= 11 is 1.47. The van der Waals surface area contributed by atoms with Crippen molar-refractivity contribution in [3.63, 3.8) is 0 Å². The Labute approximate surface area is 162 Å². The summed E-state index contributed by atoms with van der Waals surface area (Å²) in [4.78, 5) is 25.1. The number of piperidine rings is 1. The number of thiophene rings is 1. The van der Waals surface area contributed by atoms with E-state index in [1.807, 2.05) is 25.3 Å². The summed E-state index contributed by atoms with van der Waals surface area (Å²) in [5.41, 5.74) is 1.61. The first kappa shape index (κ1) is 17.7. The van der Waals surface area contributed by atoms with Gasteiger partial charge < -0.3 is 10.2 Å². The zero-order valence-electron chi connectivity index (χ0n) is 15.4. The summed E-state index contributed by atoms with van der Waals surface area (Å²) in [6.07, 6.45) is 9.12. The molecule has 1 aliphatic rings. The van der Waals surface area contributed by atoms with Crippen molar-refractivity contribution in [3.8, 4) is 5.82 Å². The molecule has 3 aromatic heterocycles. The minimum atomic E-state index is -0.124. The van der Waals surface area contributed by atoms with Gasteiger partial charge in [0, 0.05) is 18.0 Å². The highest BCUT2D eigenvalue weighted by Crippen LogP contribution is 2.27. The molecule has 0 bridgehead atoms. The second-order valence-corrected chi connectivity index (χ2v) is 8.23. The van der Waals surface area contributed by atoms with E-state index in [4.69, 9.17) is 0 Å². The Balaban J connectivity index is 1.54. The number of rotatable bonds is 4. The molecule has 0 spiro atoms. The molecule has 0 aromatic carbocycles. The molecule has 3 aromatic rings. The molecule has 0 aliphatic carbocycles. The standard InChI is InChI=1S/C19H22N6OS/c1-13-5-7-24(8-6-13)16-10-20-12-21-18(16)25-11-15(9-22-25)23-19(26)17-4-3-14(2)27-17/h3-4,9-13H,5-8H2,1-2H3,(H,23,26). The van der Waals surface area contributed by atoms with E-state index < -0.39 is 0 Å². The lowest BCUT2D eigenvalue weighted by molar-refractivity contribution is 0.103. The molecule has 7 nitrogen and oxygen atoms in total. The number of aryl methyl sites for hydroxylation is 1. The lowest BCUT2D eigenvalue weighted by Gasteiger charge is -2.32. The Morgan fingerprint density at radius 1 is 1.26 bits per heavy atom. The molecule has 1 saturated heterocycles. The van der Waals surface area contributed by atoms with Crippen molar-refractivity contribution in [3.05, 3.63) is 46.8 Å². The SMILES string of the molecule is Cc1ccc(C(=O)Nc2cnn(-c3ncncc3N3CCC(C)CC3)c2)s1. The van der Waals surface area contributed by atoms with E-state index in [0.29, 0.717) is 10.6 Å². The summed E-state index contributed by atoms with van der Waals surface area (Å²) in [5.74, 6) is 1.36. The molecule has 0 atom stereocenters. The van der Waals surface area contributed by atoms with E-state index in [1.54, 1.807) is 17.1 Å². The van der Waals surface area contributed by atoms with Gasteiger partial charge in [-0.3, -0.25) is 4.79 Å². The Morgan fingerprint density at radius 2 is 2.07 bits per heavy atom. The predicted octanol–water partition coefficient (Wildman–Crippen LogP) is 3.52. The van der Waals surface area contributed by atoms with Gasteiger partial charge in [0.05, 0.1) is 29.2 Å². The maximum atomic E-state index is 12.3. The minimum Gasteiger partial charge on any atom is -0.367 e. The van der Waals surface area contributed by atoms with Crippen molar-refractivity contribution in [2.45, 2.75) is 26.7 Å². The number of anilines is 2. The van der Waals surface area contributed by atoms with E-state index in [2.05, 4.69) is 32.2 Å². The maximum absolute atomic E-state index is 12.3. The van der Waals surface area contributed by atoms with Crippen molar-refractivity contribution < 1.29 is 4.79 Å². The zero-order valence-corrected chi connectivity index (χ0v) is 16.2. The van der Waals surface area contributed by atoms with Crippen LogP contribution < -0.4 is 10.2 Å². The molecule has 4 rings (SSSR count). The topological polar surface area (TPSA) is 75.9 Å². The smallest absolute Gasteiger partial charge is 0.265 e.